The van der Waals surface area contributed by atoms with E-state index < -0.39 is 28.8 Å². The zero-order chi connectivity index (χ0) is 15.3. The first-order chi connectivity index (χ1) is 9.90. The Balaban J connectivity index is 1.81. The van der Waals surface area contributed by atoms with Gasteiger partial charge in [0.05, 0.1) is 16.3 Å². The number of carbonyl (C=O) groups excluding carboxylic acids is 1. The lowest BCUT2D eigenvalue weighted by Gasteiger charge is -2.43. The highest BCUT2D eigenvalue weighted by atomic mass is 32.2. The fourth-order valence-electron chi connectivity index (χ4n) is 2.71. The van der Waals surface area contributed by atoms with Crippen molar-refractivity contribution in [2.45, 2.75) is 30.1 Å². The standard InChI is InChI=1S/C12H15NO5S3/c1-5(14)7-9(15)13-8(11(16)17)12(20-10(7)13)19-6-2-3-21(18)4-6/h5-7,10,14H,2-4H2,1H3,(H,16,17)/t5-,6+,7-,10-,21-/m1/s1. The minimum Gasteiger partial charge on any atom is -0.477 e. The van der Waals surface area contributed by atoms with Crippen LogP contribution < -0.4 is 0 Å². The molecule has 3 aliphatic heterocycles. The van der Waals surface area contributed by atoms with Crippen LogP contribution in [0, 0.1) is 5.92 Å². The number of hydrogen-bond donors (Lipinski definition) is 2. The smallest absolute Gasteiger partial charge is 0.354 e. The highest BCUT2D eigenvalue weighted by molar-refractivity contribution is 8.23. The van der Waals surface area contributed by atoms with Gasteiger partial charge in [-0.3, -0.25) is 13.9 Å². The maximum Gasteiger partial charge on any atom is 0.354 e. The highest BCUT2D eigenvalue weighted by Crippen LogP contribution is 2.55. The number of aliphatic carboxylic acids is 1. The summed E-state index contributed by atoms with van der Waals surface area (Å²) >= 11 is 2.74. The van der Waals surface area contributed by atoms with Gasteiger partial charge in [-0.05, 0) is 13.3 Å². The van der Waals surface area contributed by atoms with Crippen molar-refractivity contribution in [2.75, 3.05) is 11.5 Å². The van der Waals surface area contributed by atoms with Gasteiger partial charge in [0, 0.05) is 27.6 Å². The molecule has 0 spiro atoms. The number of β-lactam (4-membered cyclic amide) rings is 1. The summed E-state index contributed by atoms with van der Waals surface area (Å²) in [5.41, 5.74) is 0.0228. The van der Waals surface area contributed by atoms with E-state index in [1.807, 2.05) is 0 Å². The van der Waals surface area contributed by atoms with Crippen molar-refractivity contribution in [3.8, 4) is 0 Å². The van der Waals surface area contributed by atoms with E-state index in [2.05, 4.69) is 0 Å². The predicted molar refractivity (Wildman–Crippen MR) is 81.9 cm³/mol. The van der Waals surface area contributed by atoms with Crippen LogP contribution >= 0.6 is 23.5 Å². The second-order valence-electron chi connectivity index (χ2n) is 5.26. The fraction of sp³-hybridized carbons (Fsp3) is 0.667. The molecule has 0 aromatic carbocycles. The molecule has 3 rings (SSSR count). The molecule has 0 aromatic heterocycles. The highest BCUT2D eigenvalue weighted by Gasteiger charge is 2.58. The number of nitrogens with zero attached hydrogens (tertiary/aromatic N) is 1. The van der Waals surface area contributed by atoms with Crippen molar-refractivity contribution in [3.05, 3.63) is 9.93 Å². The minimum absolute atomic E-state index is 0.0228. The summed E-state index contributed by atoms with van der Waals surface area (Å²) in [6.07, 6.45) is 0.0109. The topological polar surface area (TPSA) is 94.9 Å². The lowest BCUT2D eigenvalue weighted by Crippen LogP contribution is -2.60. The molecular weight excluding hydrogens is 334 g/mol. The Hall–Kier alpha value is -0.510. The molecule has 0 bridgehead atoms. The number of thioether (sulfide) groups is 2. The molecule has 0 saturated carbocycles. The molecule has 5 atom stereocenters. The van der Waals surface area contributed by atoms with Crippen molar-refractivity contribution in [1.29, 1.82) is 0 Å². The van der Waals surface area contributed by atoms with Crippen LogP contribution in [0.5, 0.6) is 0 Å². The number of carbonyl (C=O) groups is 2. The van der Waals surface area contributed by atoms with Gasteiger partial charge in [0.1, 0.15) is 5.37 Å². The summed E-state index contributed by atoms with van der Waals surface area (Å²) in [6.45, 7) is 1.55. The lowest BCUT2D eigenvalue weighted by atomic mass is 9.92. The van der Waals surface area contributed by atoms with Crippen LogP contribution in [-0.2, 0) is 20.4 Å². The normalized spacial score (nSPS) is 36.7. The summed E-state index contributed by atoms with van der Waals surface area (Å²) in [4.78, 5) is 24.8. The Bertz CT molecular complexity index is 561. The van der Waals surface area contributed by atoms with Gasteiger partial charge in [-0.25, -0.2) is 4.79 Å². The third kappa shape index (κ3) is 2.54. The van der Waals surface area contributed by atoms with E-state index in [0.717, 1.165) is 6.42 Å². The number of fused-ring (bicyclic) bond motifs is 1. The van der Waals surface area contributed by atoms with Gasteiger partial charge in [0.15, 0.2) is 5.70 Å². The summed E-state index contributed by atoms with van der Waals surface area (Å²) in [5.74, 6) is -0.768. The zero-order valence-corrected chi connectivity index (χ0v) is 13.7. The minimum atomic E-state index is -1.12. The molecule has 3 aliphatic rings. The molecule has 2 fully saturated rings. The molecule has 0 aliphatic carbocycles. The van der Waals surface area contributed by atoms with Crippen molar-refractivity contribution in [2.24, 2.45) is 5.92 Å². The number of hydrogen-bond acceptors (Lipinski definition) is 6. The fourth-order valence-corrected chi connectivity index (χ4v) is 7.97. The van der Waals surface area contributed by atoms with E-state index in [1.165, 1.54) is 28.4 Å². The molecule has 2 saturated heterocycles. The van der Waals surface area contributed by atoms with Gasteiger partial charge in [-0.1, -0.05) is 11.8 Å². The first-order valence-corrected chi connectivity index (χ1v) is 9.82. The van der Waals surface area contributed by atoms with E-state index in [1.54, 1.807) is 6.92 Å². The van der Waals surface area contributed by atoms with Crippen LogP contribution in [0.25, 0.3) is 0 Å². The monoisotopic (exact) mass is 349 g/mol. The average molecular weight is 349 g/mol. The number of amides is 1. The molecule has 6 nitrogen and oxygen atoms in total. The average Bonchev–Trinajstić information content (AvgIpc) is 2.91. The second kappa shape index (κ2) is 5.60. The van der Waals surface area contributed by atoms with Gasteiger partial charge in [0.2, 0.25) is 5.91 Å². The molecule has 3 heterocycles. The summed E-state index contributed by atoms with van der Waals surface area (Å²) in [6, 6.07) is 0. The van der Waals surface area contributed by atoms with Gasteiger partial charge < -0.3 is 10.2 Å². The van der Waals surface area contributed by atoms with E-state index in [-0.39, 0.29) is 22.2 Å². The summed E-state index contributed by atoms with van der Waals surface area (Å²) < 4.78 is 12.0. The molecular formula is C12H15NO5S3. The van der Waals surface area contributed by atoms with Crippen molar-refractivity contribution in [3.63, 3.8) is 0 Å². The van der Waals surface area contributed by atoms with E-state index in [4.69, 9.17) is 0 Å². The number of rotatable bonds is 4. The maximum atomic E-state index is 12.0. The van der Waals surface area contributed by atoms with Gasteiger partial charge in [-0.2, -0.15) is 0 Å². The molecule has 0 radical (unpaired) electrons. The van der Waals surface area contributed by atoms with Crippen LogP contribution in [0.3, 0.4) is 0 Å². The van der Waals surface area contributed by atoms with E-state index >= 15 is 0 Å². The van der Waals surface area contributed by atoms with E-state index in [9.17, 15) is 24.0 Å². The van der Waals surface area contributed by atoms with Crippen molar-refractivity contribution in [1.82, 2.24) is 4.90 Å². The molecule has 21 heavy (non-hydrogen) atoms. The number of aliphatic hydroxyl groups is 1. The molecule has 0 unspecified atom stereocenters. The van der Waals surface area contributed by atoms with Crippen LogP contribution in [0.4, 0.5) is 0 Å². The van der Waals surface area contributed by atoms with Crippen molar-refractivity contribution < 1.29 is 24.0 Å². The molecule has 2 N–H and O–H groups in total. The largest absolute Gasteiger partial charge is 0.477 e. The Labute approximate surface area is 132 Å². The van der Waals surface area contributed by atoms with Crippen LogP contribution in [0.15, 0.2) is 9.93 Å². The third-order valence-corrected chi connectivity index (χ3v) is 8.33. The van der Waals surface area contributed by atoms with Crippen LogP contribution in [0.1, 0.15) is 13.3 Å². The summed E-state index contributed by atoms with van der Waals surface area (Å²) in [5, 5.41) is 18.8. The number of carboxylic acids is 1. The van der Waals surface area contributed by atoms with Gasteiger partial charge >= 0.3 is 5.97 Å². The lowest BCUT2D eigenvalue weighted by molar-refractivity contribution is -0.156. The zero-order valence-electron chi connectivity index (χ0n) is 11.2. The quantitative estimate of drug-likeness (QED) is 0.710. The molecule has 9 heteroatoms. The first kappa shape index (κ1) is 15.4. The molecule has 0 aromatic rings. The van der Waals surface area contributed by atoms with Crippen molar-refractivity contribution >= 4 is 46.2 Å². The van der Waals surface area contributed by atoms with Crippen LogP contribution in [-0.4, -0.2) is 59.4 Å². The molecule has 116 valence electrons. The third-order valence-electron chi connectivity index (χ3n) is 3.78. The Morgan fingerprint density at radius 2 is 2.29 bits per heavy atom. The van der Waals surface area contributed by atoms with Crippen LogP contribution in [0.2, 0.25) is 0 Å². The van der Waals surface area contributed by atoms with Gasteiger partial charge in [-0.15, -0.1) is 11.8 Å². The SMILES string of the molecule is C[C@@H](O)[C@@H]1C(=O)N2C(C(=O)O)=C(S[C@H]3CC[S@@](=O)C3)S[C@H]12. The number of aliphatic hydroxyl groups excluding tert-OH is 1. The van der Waals surface area contributed by atoms with Gasteiger partial charge in [0.25, 0.3) is 0 Å². The first-order valence-electron chi connectivity index (χ1n) is 6.57. The summed E-state index contributed by atoms with van der Waals surface area (Å²) in [7, 11) is -0.819. The number of carboxylic acid groups (broad SMARTS) is 1. The Morgan fingerprint density at radius 1 is 1.57 bits per heavy atom. The Kier molecular flexibility index (Phi) is 4.10. The maximum absolute atomic E-state index is 12.0. The van der Waals surface area contributed by atoms with E-state index in [0.29, 0.717) is 15.7 Å². The Morgan fingerprint density at radius 3 is 2.81 bits per heavy atom. The molecule has 1 amide bonds. The predicted octanol–water partition coefficient (Wildman–Crippen LogP) is 0.406. The second-order valence-corrected chi connectivity index (χ2v) is 9.58.